The minimum Gasteiger partial charge on any atom is -0.497 e. The van der Waals surface area contributed by atoms with E-state index in [1.807, 2.05) is 0 Å². The van der Waals surface area contributed by atoms with E-state index in [1.54, 1.807) is 61.7 Å². The smallest absolute Gasteiger partial charge is 0.333 e. The zero-order chi connectivity index (χ0) is 24.1. The number of benzene rings is 2. The Kier molecular flexibility index (Phi) is 6.49. The summed E-state index contributed by atoms with van der Waals surface area (Å²) in [6.07, 6.45) is 2.48. The highest BCUT2D eigenvalue weighted by molar-refractivity contribution is 5.93. The van der Waals surface area contributed by atoms with E-state index >= 15 is 0 Å². The quantitative estimate of drug-likeness (QED) is 0.427. The standard InChI is InChI=1S/C24H21N5O5/c1-34-18-9-7-16(8-10-18)20-13-21(30)28(15-27-20)12-11-25-22(31)19-14-26-24(33)29(23(19)32)17-5-3-2-4-6-17/h2-10,13-15H,11-12H2,1H3,(H,25,31)(H,26,33). The molecule has 0 aliphatic heterocycles. The maximum atomic E-state index is 12.7. The van der Waals surface area contributed by atoms with Crippen molar-refractivity contribution in [2.24, 2.45) is 0 Å². The van der Waals surface area contributed by atoms with Crippen LogP contribution in [0, 0.1) is 0 Å². The summed E-state index contributed by atoms with van der Waals surface area (Å²) in [5.74, 6) is 0.0349. The summed E-state index contributed by atoms with van der Waals surface area (Å²) < 4.78 is 7.37. The second-order valence-corrected chi connectivity index (χ2v) is 7.27. The Morgan fingerprint density at radius 3 is 2.47 bits per heavy atom. The fourth-order valence-corrected chi connectivity index (χ4v) is 3.35. The van der Waals surface area contributed by atoms with Crippen molar-refractivity contribution < 1.29 is 9.53 Å². The number of rotatable bonds is 7. The number of hydrogen-bond donors (Lipinski definition) is 2. The Morgan fingerprint density at radius 2 is 1.79 bits per heavy atom. The first-order valence-corrected chi connectivity index (χ1v) is 10.4. The van der Waals surface area contributed by atoms with Crippen molar-refractivity contribution in [1.29, 1.82) is 0 Å². The fourth-order valence-electron chi connectivity index (χ4n) is 3.35. The van der Waals surface area contributed by atoms with Gasteiger partial charge in [-0.05, 0) is 36.4 Å². The molecule has 0 atom stereocenters. The molecule has 0 spiro atoms. The maximum absolute atomic E-state index is 12.7. The first-order valence-electron chi connectivity index (χ1n) is 10.4. The molecule has 10 nitrogen and oxygen atoms in total. The van der Waals surface area contributed by atoms with Gasteiger partial charge in [-0.3, -0.25) is 19.0 Å². The third kappa shape index (κ3) is 4.70. The Bertz CT molecular complexity index is 1490. The molecule has 0 aliphatic rings. The number of nitrogens with one attached hydrogen (secondary N) is 2. The van der Waals surface area contributed by atoms with Crippen LogP contribution in [-0.4, -0.2) is 38.7 Å². The number of carbonyl (C=O) groups excluding carboxylic acids is 1. The number of carbonyl (C=O) groups is 1. The summed E-state index contributed by atoms with van der Waals surface area (Å²) in [4.78, 5) is 56.6. The highest BCUT2D eigenvalue weighted by atomic mass is 16.5. The third-order valence-corrected chi connectivity index (χ3v) is 5.14. The SMILES string of the molecule is COc1ccc(-c2cc(=O)n(CCNC(=O)c3c[nH]c(=O)n(-c4ccccc4)c3=O)cn2)cc1. The molecule has 4 aromatic rings. The van der Waals surface area contributed by atoms with Gasteiger partial charge in [-0.2, -0.15) is 0 Å². The highest BCUT2D eigenvalue weighted by Gasteiger charge is 2.15. The number of ether oxygens (including phenoxy) is 1. The Balaban J connectivity index is 1.45. The van der Waals surface area contributed by atoms with Gasteiger partial charge in [0.1, 0.15) is 11.3 Å². The lowest BCUT2D eigenvalue weighted by Crippen LogP contribution is -2.40. The van der Waals surface area contributed by atoms with Gasteiger partial charge >= 0.3 is 5.69 Å². The van der Waals surface area contributed by atoms with Crippen LogP contribution >= 0.6 is 0 Å². The summed E-state index contributed by atoms with van der Waals surface area (Å²) in [6, 6.07) is 16.9. The van der Waals surface area contributed by atoms with Crippen molar-refractivity contribution in [3.8, 4) is 22.7 Å². The molecule has 0 bridgehead atoms. The molecule has 0 saturated heterocycles. The molecule has 10 heteroatoms. The van der Waals surface area contributed by atoms with Crippen LogP contribution < -0.4 is 26.9 Å². The van der Waals surface area contributed by atoms with E-state index in [2.05, 4.69) is 15.3 Å². The third-order valence-electron chi connectivity index (χ3n) is 5.14. The summed E-state index contributed by atoms with van der Waals surface area (Å²) in [5, 5.41) is 2.60. The van der Waals surface area contributed by atoms with Crippen LogP contribution in [0.25, 0.3) is 16.9 Å². The number of aromatic amines is 1. The summed E-state index contributed by atoms with van der Waals surface area (Å²) in [5.41, 5.74) is -0.265. The van der Waals surface area contributed by atoms with Gasteiger partial charge in [0.25, 0.3) is 17.0 Å². The lowest BCUT2D eigenvalue weighted by atomic mass is 10.1. The first-order chi connectivity index (χ1) is 16.5. The van der Waals surface area contributed by atoms with E-state index in [4.69, 9.17) is 4.74 Å². The van der Waals surface area contributed by atoms with Crippen molar-refractivity contribution in [3.63, 3.8) is 0 Å². The molecule has 172 valence electrons. The highest BCUT2D eigenvalue weighted by Crippen LogP contribution is 2.19. The van der Waals surface area contributed by atoms with E-state index in [9.17, 15) is 19.2 Å². The average molecular weight is 459 g/mol. The van der Waals surface area contributed by atoms with Crippen molar-refractivity contribution in [1.82, 2.24) is 24.4 Å². The van der Waals surface area contributed by atoms with Crippen LogP contribution in [0.4, 0.5) is 0 Å². The lowest BCUT2D eigenvalue weighted by Gasteiger charge is -2.09. The zero-order valence-corrected chi connectivity index (χ0v) is 18.2. The van der Waals surface area contributed by atoms with Crippen LogP contribution in [0.1, 0.15) is 10.4 Å². The van der Waals surface area contributed by atoms with E-state index in [1.165, 1.54) is 17.0 Å². The van der Waals surface area contributed by atoms with Gasteiger partial charge in [0.05, 0.1) is 24.8 Å². The van der Waals surface area contributed by atoms with E-state index in [0.29, 0.717) is 17.1 Å². The topological polar surface area (TPSA) is 128 Å². The Morgan fingerprint density at radius 1 is 1.06 bits per heavy atom. The minimum absolute atomic E-state index is 0.0756. The zero-order valence-electron chi connectivity index (χ0n) is 18.2. The molecular formula is C24H21N5O5. The molecule has 0 saturated carbocycles. The molecule has 34 heavy (non-hydrogen) atoms. The van der Waals surface area contributed by atoms with Gasteiger partial charge in [0.2, 0.25) is 0 Å². The van der Waals surface area contributed by atoms with Gasteiger partial charge in [0.15, 0.2) is 0 Å². The number of methoxy groups -OCH3 is 1. The summed E-state index contributed by atoms with van der Waals surface area (Å²) in [7, 11) is 1.57. The van der Waals surface area contributed by atoms with Crippen molar-refractivity contribution in [2.75, 3.05) is 13.7 Å². The fraction of sp³-hybridized carbons (Fsp3) is 0.125. The predicted octanol–water partition coefficient (Wildman–Crippen LogP) is 1.19. The molecule has 2 heterocycles. The van der Waals surface area contributed by atoms with Crippen molar-refractivity contribution in [2.45, 2.75) is 6.54 Å². The van der Waals surface area contributed by atoms with Crippen molar-refractivity contribution >= 4 is 5.91 Å². The summed E-state index contributed by atoms with van der Waals surface area (Å²) in [6.45, 7) is 0.225. The van der Waals surface area contributed by atoms with Crippen LogP contribution in [0.3, 0.4) is 0 Å². The van der Waals surface area contributed by atoms with Crippen molar-refractivity contribution in [3.05, 3.63) is 110 Å². The molecule has 4 rings (SSSR count). The van der Waals surface area contributed by atoms with Crippen LogP contribution in [0.2, 0.25) is 0 Å². The lowest BCUT2D eigenvalue weighted by molar-refractivity contribution is 0.0949. The Labute approximate surface area is 193 Å². The second-order valence-electron chi connectivity index (χ2n) is 7.27. The largest absolute Gasteiger partial charge is 0.497 e. The molecule has 2 N–H and O–H groups in total. The number of amides is 1. The molecule has 1 amide bonds. The van der Waals surface area contributed by atoms with Gasteiger partial charge in [-0.15, -0.1) is 0 Å². The maximum Gasteiger partial charge on any atom is 0.333 e. The average Bonchev–Trinajstić information content (AvgIpc) is 2.85. The number of nitrogens with zero attached hydrogens (tertiary/aromatic N) is 3. The number of H-pyrrole nitrogens is 1. The summed E-state index contributed by atoms with van der Waals surface area (Å²) >= 11 is 0. The molecule has 0 radical (unpaired) electrons. The molecule has 0 aliphatic carbocycles. The molecule has 0 unspecified atom stereocenters. The van der Waals surface area contributed by atoms with Crippen LogP contribution in [0.5, 0.6) is 5.75 Å². The molecule has 2 aromatic heterocycles. The van der Waals surface area contributed by atoms with Gasteiger partial charge in [-0.25, -0.2) is 14.3 Å². The Hall–Kier alpha value is -4.73. The molecule has 2 aromatic carbocycles. The van der Waals surface area contributed by atoms with E-state index in [0.717, 1.165) is 16.3 Å². The number of hydrogen-bond acceptors (Lipinski definition) is 6. The molecular weight excluding hydrogens is 438 g/mol. The minimum atomic E-state index is -0.741. The van der Waals surface area contributed by atoms with Gasteiger partial charge in [-0.1, -0.05) is 18.2 Å². The predicted molar refractivity (Wildman–Crippen MR) is 125 cm³/mol. The van der Waals surface area contributed by atoms with Gasteiger partial charge < -0.3 is 15.0 Å². The monoisotopic (exact) mass is 459 g/mol. The normalized spacial score (nSPS) is 10.6. The number of para-hydroxylation sites is 1. The molecule has 0 fully saturated rings. The second kappa shape index (κ2) is 9.82. The van der Waals surface area contributed by atoms with E-state index in [-0.39, 0.29) is 24.2 Å². The number of aromatic nitrogens is 4. The van der Waals surface area contributed by atoms with Gasteiger partial charge in [0, 0.05) is 30.9 Å². The van der Waals surface area contributed by atoms with Crippen LogP contribution in [0.15, 0.2) is 87.6 Å². The van der Waals surface area contributed by atoms with Crippen LogP contribution in [-0.2, 0) is 6.54 Å². The first kappa shape index (κ1) is 22.5. The van der Waals surface area contributed by atoms with E-state index < -0.39 is 17.2 Å².